The van der Waals surface area contributed by atoms with Gasteiger partial charge in [0, 0.05) is 0 Å². The lowest BCUT2D eigenvalue weighted by Gasteiger charge is -1.92. The molecule has 0 aliphatic carbocycles. The fourth-order valence-electron chi connectivity index (χ4n) is 1.16. The standard InChI is InChI=1S/C15H13O/c1-2-3-7-15(12-13-16)11-10-14-8-5-4-6-9-14/h2-12H,1H2. The van der Waals surface area contributed by atoms with Crippen LogP contribution in [0.5, 0.6) is 0 Å². The minimum absolute atomic E-state index is 0.791. The highest BCUT2D eigenvalue weighted by atomic mass is 16.1. The molecule has 0 amide bonds. The summed E-state index contributed by atoms with van der Waals surface area (Å²) in [6.45, 7) is 3.57. The number of carbonyl (C=O) groups excluding carboxylic acids is 1. The Morgan fingerprint density at radius 3 is 2.56 bits per heavy atom. The summed E-state index contributed by atoms with van der Waals surface area (Å²) < 4.78 is 0. The van der Waals surface area contributed by atoms with E-state index in [1.807, 2.05) is 42.5 Å². The lowest BCUT2D eigenvalue weighted by atomic mass is 10.1. The van der Waals surface area contributed by atoms with E-state index in [4.69, 9.17) is 0 Å². The van der Waals surface area contributed by atoms with Crippen LogP contribution in [0, 0.1) is 0 Å². The number of benzene rings is 1. The SMILES string of the molecule is C=CC=CC(C=Cc1ccccc1)=C[C]=O. The summed E-state index contributed by atoms with van der Waals surface area (Å²) in [6, 6.07) is 9.89. The lowest BCUT2D eigenvalue weighted by Crippen LogP contribution is -1.74. The largest absolute Gasteiger partial charge is 0.286 e. The Morgan fingerprint density at radius 1 is 1.19 bits per heavy atom. The highest BCUT2D eigenvalue weighted by Gasteiger charge is 1.86. The van der Waals surface area contributed by atoms with Crippen molar-refractivity contribution in [3.05, 3.63) is 78.4 Å². The summed E-state index contributed by atoms with van der Waals surface area (Å²) in [5.41, 5.74) is 1.88. The zero-order valence-corrected chi connectivity index (χ0v) is 8.97. The van der Waals surface area contributed by atoms with Gasteiger partial charge in [-0.3, -0.25) is 4.79 Å². The smallest absolute Gasteiger partial charge is 0.226 e. The molecule has 16 heavy (non-hydrogen) atoms. The van der Waals surface area contributed by atoms with Crippen molar-refractivity contribution in [1.29, 1.82) is 0 Å². The van der Waals surface area contributed by atoms with Crippen LogP contribution in [0.3, 0.4) is 0 Å². The first-order valence-corrected chi connectivity index (χ1v) is 4.97. The van der Waals surface area contributed by atoms with Crippen LogP contribution in [0.25, 0.3) is 6.08 Å². The van der Waals surface area contributed by atoms with Crippen LogP contribution in [0.1, 0.15) is 5.56 Å². The molecule has 0 unspecified atom stereocenters. The first-order valence-electron chi connectivity index (χ1n) is 4.97. The summed E-state index contributed by atoms with van der Waals surface area (Å²) in [5.74, 6) is 0. The maximum Gasteiger partial charge on any atom is 0.226 e. The number of hydrogen-bond donors (Lipinski definition) is 0. The molecule has 0 saturated heterocycles. The quantitative estimate of drug-likeness (QED) is 0.536. The molecule has 79 valence electrons. The average molecular weight is 209 g/mol. The molecule has 1 nitrogen and oxygen atoms in total. The van der Waals surface area contributed by atoms with Crippen LogP contribution in [0.4, 0.5) is 0 Å². The van der Waals surface area contributed by atoms with Crippen molar-refractivity contribution in [2.75, 3.05) is 0 Å². The fourth-order valence-corrected chi connectivity index (χ4v) is 1.16. The Labute approximate surface area is 96.1 Å². The summed E-state index contributed by atoms with van der Waals surface area (Å²) in [5, 5.41) is 0. The fraction of sp³-hybridized carbons (Fsp3) is 0. The predicted octanol–water partition coefficient (Wildman–Crippen LogP) is 3.48. The van der Waals surface area contributed by atoms with Crippen molar-refractivity contribution in [2.45, 2.75) is 0 Å². The topological polar surface area (TPSA) is 17.1 Å². The third-order valence-electron chi connectivity index (χ3n) is 1.92. The molecular formula is C15H13O. The van der Waals surface area contributed by atoms with Crippen molar-refractivity contribution in [3.8, 4) is 0 Å². The Kier molecular flexibility index (Phi) is 5.35. The molecule has 1 rings (SSSR count). The predicted molar refractivity (Wildman–Crippen MR) is 68.6 cm³/mol. The Bertz CT molecular complexity index is 422. The second-order valence-corrected chi connectivity index (χ2v) is 3.10. The van der Waals surface area contributed by atoms with Gasteiger partial charge in [-0.25, -0.2) is 0 Å². The van der Waals surface area contributed by atoms with E-state index in [-0.39, 0.29) is 0 Å². The van der Waals surface area contributed by atoms with Gasteiger partial charge in [-0.2, -0.15) is 0 Å². The first kappa shape index (κ1) is 11.9. The second-order valence-electron chi connectivity index (χ2n) is 3.10. The van der Waals surface area contributed by atoms with Gasteiger partial charge in [-0.05, 0) is 17.2 Å². The first-order chi connectivity index (χ1) is 7.86. The third-order valence-corrected chi connectivity index (χ3v) is 1.92. The summed E-state index contributed by atoms with van der Waals surface area (Å²) >= 11 is 0. The molecule has 0 aliphatic heterocycles. The monoisotopic (exact) mass is 209 g/mol. The average Bonchev–Trinajstić information content (AvgIpc) is 2.34. The Hall–Kier alpha value is -2.15. The molecule has 0 N–H and O–H groups in total. The van der Waals surface area contributed by atoms with E-state index < -0.39 is 0 Å². The van der Waals surface area contributed by atoms with Gasteiger partial charge in [-0.15, -0.1) is 0 Å². The van der Waals surface area contributed by atoms with E-state index in [1.165, 1.54) is 6.08 Å². The van der Waals surface area contributed by atoms with Crippen LogP contribution in [0.15, 0.2) is 72.9 Å². The van der Waals surface area contributed by atoms with E-state index in [0.29, 0.717) is 0 Å². The normalized spacial score (nSPS) is 12.1. The van der Waals surface area contributed by atoms with E-state index in [9.17, 15) is 4.79 Å². The molecule has 1 aromatic rings. The van der Waals surface area contributed by atoms with Crippen LogP contribution in [-0.2, 0) is 4.79 Å². The number of hydrogen-bond acceptors (Lipinski definition) is 1. The van der Waals surface area contributed by atoms with Crippen molar-refractivity contribution in [2.24, 2.45) is 0 Å². The highest BCUT2D eigenvalue weighted by molar-refractivity contribution is 5.70. The molecule has 0 aliphatic rings. The molecule has 0 heterocycles. The second kappa shape index (κ2) is 7.18. The van der Waals surface area contributed by atoms with Gasteiger partial charge in [0.05, 0.1) is 0 Å². The highest BCUT2D eigenvalue weighted by Crippen LogP contribution is 2.06. The minimum atomic E-state index is 0.791. The molecule has 1 heteroatoms. The lowest BCUT2D eigenvalue weighted by molar-refractivity contribution is 0.564. The molecule has 0 aromatic heterocycles. The zero-order valence-electron chi connectivity index (χ0n) is 8.97. The number of rotatable bonds is 5. The van der Waals surface area contributed by atoms with E-state index in [1.54, 1.807) is 24.5 Å². The Morgan fingerprint density at radius 2 is 1.94 bits per heavy atom. The third kappa shape index (κ3) is 4.38. The summed E-state index contributed by atoms with van der Waals surface area (Å²) in [4.78, 5) is 10.3. The van der Waals surface area contributed by atoms with Gasteiger partial charge < -0.3 is 0 Å². The molecule has 1 radical (unpaired) electrons. The van der Waals surface area contributed by atoms with Gasteiger partial charge in [0.15, 0.2) is 0 Å². The van der Waals surface area contributed by atoms with E-state index >= 15 is 0 Å². The van der Waals surface area contributed by atoms with Crippen LogP contribution in [0.2, 0.25) is 0 Å². The molecular weight excluding hydrogens is 196 g/mol. The molecule has 0 fully saturated rings. The van der Waals surface area contributed by atoms with Gasteiger partial charge in [0.25, 0.3) is 0 Å². The molecule has 0 bridgehead atoms. The zero-order chi connectivity index (χ0) is 11.6. The molecule has 0 saturated carbocycles. The van der Waals surface area contributed by atoms with Crippen LogP contribution >= 0.6 is 0 Å². The van der Waals surface area contributed by atoms with Crippen LogP contribution < -0.4 is 0 Å². The van der Waals surface area contributed by atoms with Gasteiger partial charge in [0.2, 0.25) is 6.29 Å². The van der Waals surface area contributed by atoms with Crippen molar-refractivity contribution < 1.29 is 4.79 Å². The minimum Gasteiger partial charge on any atom is -0.286 e. The van der Waals surface area contributed by atoms with Crippen molar-refractivity contribution >= 4 is 12.4 Å². The van der Waals surface area contributed by atoms with Gasteiger partial charge in [0.1, 0.15) is 0 Å². The molecule has 0 spiro atoms. The van der Waals surface area contributed by atoms with Crippen molar-refractivity contribution in [1.82, 2.24) is 0 Å². The van der Waals surface area contributed by atoms with Crippen molar-refractivity contribution in [3.63, 3.8) is 0 Å². The molecule has 1 aromatic carbocycles. The maximum absolute atomic E-state index is 10.3. The van der Waals surface area contributed by atoms with E-state index in [0.717, 1.165) is 11.1 Å². The van der Waals surface area contributed by atoms with Gasteiger partial charge in [-0.1, -0.05) is 67.3 Å². The summed E-state index contributed by atoms with van der Waals surface area (Å²) in [7, 11) is 0. The van der Waals surface area contributed by atoms with Crippen LogP contribution in [-0.4, -0.2) is 6.29 Å². The van der Waals surface area contributed by atoms with Gasteiger partial charge >= 0.3 is 0 Å². The van der Waals surface area contributed by atoms with E-state index in [2.05, 4.69) is 6.58 Å². The maximum atomic E-state index is 10.3. The number of allylic oxidation sites excluding steroid dienone is 6. The summed E-state index contributed by atoms with van der Waals surface area (Å²) in [6.07, 6.45) is 12.2. The Balaban J connectivity index is 2.80. The molecule has 0 atom stereocenters.